The number of halogens is 3. The number of nitrogens with one attached hydrogen (secondary N) is 1. The molecule has 0 aliphatic carbocycles. The maximum Gasteiger partial charge on any atom is 0.285 e. The molecule has 1 unspecified atom stereocenters. The number of hydrogen-bond acceptors (Lipinski definition) is 3. The van der Waals surface area contributed by atoms with Gasteiger partial charge >= 0.3 is 0 Å². The Morgan fingerprint density at radius 3 is 2.60 bits per heavy atom. The summed E-state index contributed by atoms with van der Waals surface area (Å²) >= 11 is 3.33. The summed E-state index contributed by atoms with van der Waals surface area (Å²) in [6, 6.07) is 0.938. The molecule has 0 aliphatic heterocycles. The standard InChI is InChI=1S/C12H13BrF2N2O3/c1-2-3-7(13)6-16-12(18)8-4-9(14)10(15)5-11(8)17(19)20/h4-5,7H,2-3,6H2,1H3,(H,16,18). The number of carbonyl (C=O) groups is 1. The van der Waals surface area contributed by atoms with Crippen LogP contribution in [0.15, 0.2) is 12.1 Å². The van der Waals surface area contributed by atoms with Gasteiger partial charge in [0, 0.05) is 11.4 Å². The average molecular weight is 351 g/mol. The lowest BCUT2D eigenvalue weighted by molar-refractivity contribution is -0.385. The first-order valence-electron chi connectivity index (χ1n) is 5.92. The monoisotopic (exact) mass is 350 g/mol. The van der Waals surface area contributed by atoms with Crippen molar-refractivity contribution in [2.45, 2.75) is 24.6 Å². The van der Waals surface area contributed by atoms with E-state index in [1.165, 1.54) is 0 Å². The molecule has 1 rings (SSSR count). The highest BCUT2D eigenvalue weighted by molar-refractivity contribution is 9.09. The maximum absolute atomic E-state index is 13.1. The van der Waals surface area contributed by atoms with Crippen molar-refractivity contribution >= 4 is 27.5 Å². The summed E-state index contributed by atoms with van der Waals surface area (Å²) in [5.74, 6) is -3.47. The zero-order valence-corrected chi connectivity index (χ0v) is 12.2. The van der Waals surface area contributed by atoms with Crippen LogP contribution in [-0.2, 0) is 0 Å². The van der Waals surface area contributed by atoms with Gasteiger partial charge in [0.1, 0.15) is 5.56 Å². The minimum Gasteiger partial charge on any atom is -0.351 e. The van der Waals surface area contributed by atoms with Crippen LogP contribution in [0.3, 0.4) is 0 Å². The Balaban J connectivity index is 2.92. The highest BCUT2D eigenvalue weighted by atomic mass is 79.9. The highest BCUT2D eigenvalue weighted by Gasteiger charge is 2.24. The molecule has 0 heterocycles. The molecule has 0 aliphatic rings. The van der Waals surface area contributed by atoms with Crippen LogP contribution in [0.5, 0.6) is 0 Å². The topological polar surface area (TPSA) is 72.2 Å². The minimum atomic E-state index is -1.36. The Morgan fingerprint density at radius 2 is 2.05 bits per heavy atom. The van der Waals surface area contributed by atoms with Gasteiger partial charge in [0.2, 0.25) is 0 Å². The maximum atomic E-state index is 13.1. The van der Waals surface area contributed by atoms with Crippen LogP contribution in [0, 0.1) is 21.7 Å². The third-order valence-electron chi connectivity index (χ3n) is 2.57. The summed E-state index contributed by atoms with van der Waals surface area (Å²) in [6.45, 7) is 2.21. The molecule has 1 aromatic rings. The van der Waals surface area contributed by atoms with Gasteiger partial charge in [0.25, 0.3) is 11.6 Å². The second kappa shape index (κ2) is 7.28. The zero-order valence-electron chi connectivity index (χ0n) is 10.7. The summed E-state index contributed by atoms with van der Waals surface area (Å²) in [5.41, 5.74) is -1.26. The van der Waals surface area contributed by atoms with E-state index in [1.807, 2.05) is 6.92 Å². The molecule has 20 heavy (non-hydrogen) atoms. The number of hydrogen-bond donors (Lipinski definition) is 1. The normalized spacial score (nSPS) is 12.0. The molecule has 1 atom stereocenters. The van der Waals surface area contributed by atoms with Gasteiger partial charge < -0.3 is 5.32 Å². The lowest BCUT2D eigenvalue weighted by Gasteiger charge is -2.10. The summed E-state index contributed by atoms with van der Waals surface area (Å²) in [7, 11) is 0. The van der Waals surface area contributed by atoms with Crippen molar-refractivity contribution in [3.63, 3.8) is 0 Å². The molecule has 0 saturated heterocycles. The fourth-order valence-electron chi connectivity index (χ4n) is 1.58. The SMILES string of the molecule is CCCC(Br)CNC(=O)c1cc(F)c(F)cc1[N+](=O)[O-]. The van der Waals surface area contributed by atoms with Crippen LogP contribution in [0.2, 0.25) is 0 Å². The predicted octanol–water partition coefficient (Wildman–Crippen LogP) is 3.17. The van der Waals surface area contributed by atoms with Crippen LogP contribution in [0.1, 0.15) is 30.1 Å². The van der Waals surface area contributed by atoms with Gasteiger partial charge in [0.05, 0.1) is 11.0 Å². The fourth-order valence-corrected chi connectivity index (χ4v) is 2.20. The molecule has 0 spiro atoms. The lowest BCUT2D eigenvalue weighted by atomic mass is 10.1. The van der Waals surface area contributed by atoms with E-state index in [0.29, 0.717) is 12.1 Å². The van der Waals surface area contributed by atoms with Crippen molar-refractivity contribution in [1.82, 2.24) is 5.32 Å². The van der Waals surface area contributed by atoms with Crippen LogP contribution < -0.4 is 5.32 Å². The minimum absolute atomic E-state index is 0.0146. The van der Waals surface area contributed by atoms with Gasteiger partial charge in [0.15, 0.2) is 11.6 Å². The molecule has 1 aromatic carbocycles. The predicted molar refractivity (Wildman–Crippen MR) is 73.0 cm³/mol. The second-order valence-corrected chi connectivity index (χ2v) is 5.43. The first kappa shape index (κ1) is 16.5. The largest absolute Gasteiger partial charge is 0.351 e. The van der Waals surface area contributed by atoms with E-state index in [-0.39, 0.29) is 11.4 Å². The summed E-state index contributed by atoms with van der Waals surface area (Å²) in [4.78, 5) is 21.7. The van der Waals surface area contributed by atoms with E-state index < -0.39 is 33.7 Å². The fraction of sp³-hybridized carbons (Fsp3) is 0.417. The van der Waals surface area contributed by atoms with Crippen LogP contribution in [0.4, 0.5) is 14.5 Å². The third kappa shape index (κ3) is 4.22. The second-order valence-electron chi connectivity index (χ2n) is 4.14. The number of rotatable bonds is 6. The number of carbonyl (C=O) groups excluding carboxylic acids is 1. The van der Waals surface area contributed by atoms with Gasteiger partial charge in [-0.25, -0.2) is 8.78 Å². The molecule has 0 fully saturated rings. The zero-order chi connectivity index (χ0) is 15.3. The van der Waals surface area contributed by atoms with Crippen molar-refractivity contribution in [2.75, 3.05) is 6.54 Å². The third-order valence-corrected chi connectivity index (χ3v) is 3.35. The molecule has 1 N–H and O–H groups in total. The van der Waals surface area contributed by atoms with E-state index in [2.05, 4.69) is 21.2 Å². The summed E-state index contributed by atoms with van der Waals surface area (Å²) in [6.07, 6.45) is 1.71. The number of nitrogens with zero attached hydrogens (tertiary/aromatic N) is 1. The van der Waals surface area contributed by atoms with Crippen LogP contribution in [-0.4, -0.2) is 22.2 Å². The van der Waals surface area contributed by atoms with Crippen molar-refractivity contribution in [2.24, 2.45) is 0 Å². The van der Waals surface area contributed by atoms with Crippen LogP contribution in [0.25, 0.3) is 0 Å². The molecule has 0 bridgehead atoms. The highest BCUT2D eigenvalue weighted by Crippen LogP contribution is 2.22. The molecule has 0 saturated carbocycles. The lowest BCUT2D eigenvalue weighted by Crippen LogP contribution is -2.30. The number of nitro groups is 1. The van der Waals surface area contributed by atoms with E-state index in [4.69, 9.17) is 0 Å². The van der Waals surface area contributed by atoms with Gasteiger partial charge in [-0.05, 0) is 12.5 Å². The molecule has 0 radical (unpaired) electrons. The first-order valence-corrected chi connectivity index (χ1v) is 6.84. The Labute approximate surface area is 122 Å². The Bertz CT molecular complexity index is 526. The van der Waals surface area contributed by atoms with Crippen molar-refractivity contribution in [3.8, 4) is 0 Å². The van der Waals surface area contributed by atoms with Crippen LogP contribution >= 0.6 is 15.9 Å². The van der Waals surface area contributed by atoms with E-state index in [0.717, 1.165) is 12.8 Å². The number of benzene rings is 1. The Hall–Kier alpha value is -1.57. The van der Waals surface area contributed by atoms with E-state index in [1.54, 1.807) is 0 Å². The first-order chi connectivity index (χ1) is 9.36. The van der Waals surface area contributed by atoms with Gasteiger partial charge in [-0.2, -0.15) is 0 Å². The Morgan fingerprint density at radius 1 is 1.45 bits per heavy atom. The number of alkyl halides is 1. The molecule has 5 nitrogen and oxygen atoms in total. The molecular weight excluding hydrogens is 338 g/mol. The molecule has 110 valence electrons. The van der Waals surface area contributed by atoms with E-state index >= 15 is 0 Å². The van der Waals surface area contributed by atoms with Crippen molar-refractivity contribution < 1.29 is 18.5 Å². The molecule has 8 heteroatoms. The summed E-state index contributed by atoms with van der Waals surface area (Å²) in [5, 5.41) is 13.2. The number of nitro benzene ring substituents is 1. The molecular formula is C12H13BrF2N2O3. The van der Waals surface area contributed by atoms with Crippen molar-refractivity contribution in [1.29, 1.82) is 0 Å². The number of amides is 1. The van der Waals surface area contributed by atoms with Gasteiger partial charge in [-0.1, -0.05) is 29.3 Å². The van der Waals surface area contributed by atoms with E-state index in [9.17, 15) is 23.7 Å². The molecule has 1 amide bonds. The summed E-state index contributed by atoms with van der Waals surface area (Å²) < 4.78 is 26.1. The molecule has 0 aromatic heterocycles. The quantitative estimate of drug-likeness (QED) is 0.486. The smallest absolute Gasteiger partial charge is 0.285 e. The van der Waals surface area contributed by atoms with Gasteiger partial charge in [-0.3, -0.25) is 14.9 Å². The average Bonchev–Trinajstić information content (AvgIpc) is 2.38. The Kier molecular flexibility index (Phi) is 6.00. The van der Waals surface area contributed by atoms with Crippen molar-refractivity contribution in [3.05, 3.63) is 39.4 Å². The van der Waals surface area contributed by atoms with Gasteiger partial charge in [-0.15, -0.1) is 0 Å².